The monoisotopic (exact) mass is 168 g/mol. The van der Waals surface area contributed by atoms with Crippen LogP contribution in [0, 0.1) is 6.92 Å². The van der Waals surface area contributed by atoms with Crippen LogP contribution in [0.15, 0.2) is 6.20 Å². The highest BCUT2D eigenvalue weighted by molar-refractivity contribution is 5.84. The molecule has 0 fully saturated rings. The lowest BCUT2D eigenvalue weighted by atomic mass is 10.3. The van der Waals surface area contributed by atoms with Crippen LogP contribution < -0.4 is 11.1 Å². The smallest absolute Gasteiger partial charge is 0.165 e. The van der Waals surface area contributed by atoms with E-state index < -0.39 is 0 Å². The van der Waals surface area contributed by atoms with E-state index in [0.29, 0.717) is 0 Å². The van der Waals surface area contributed by atoms with E-state index in [1.165, 1.54) is 0 Å². The fourth-order valence-electron chi connectivity index (χ4n) is 0.795. The number of Topliss-reactive ketones (excluding diaryl/α,β-unsaturated/α-hetero) is 1. The molecule has 0 radical (unpaired) electrons. The minimum atomic E-state index is -0.0180. The summed E-state index contributed by atoms with van der Waals surface area (Å²) < 4.78 is 0. The van der Waals surface area contributed by atoms with Gasteiger partial charge in [-0.05, 0) is 6.92 Å². The SMILES string of the molecule is Cc1[nH]ncc1NCC(=O)CN. The van der Waals surface area contributed by atoms with Crippen molar-refractivity contribution in [3.05, 3.63) is 11.9 Å². The Morgan fingerprint density at radius 3 is 3.08 bits per heavy atom. The van der Waals surface area contributed by atoms with Gasteiger partial charge in [0.15, 0.2) is 5.78 Å². The molecule has 0 aliphatic carbocycles. The highest BCUT2D eigenvalue weighted by Crippen LogP contribution is 2.07. The average molecular weight is 168 g/mol. The van der Waals surface area contributed by atoms with Gasteiger partial charge in [0.1, 0.15) is 0 Å². The zero-order valence-corrected chi connectivity index (χ0v) is 6.92. The Hall–Kier alpha value is -1.36. The van der Waals surface area contributed by atoms with Gasteiger partial charge in [0.2, 0.25) is 0 Å². The number of carbonyl (C=O) groups is 1. The number of aromatic amines is 1. The number of nitrogens with two attached hydrogens (primary N) is 1. The highest BCUT2D eigenvalue weighted by Gasteiger charge is 2.01. The third-order valence-corrected chi connectivity index (χ3v) is 1.53. The Morgan fingerprint density at radius 2 is 2.58 bits per heavy atom. The number of nitrogens with one attached hydrogen (secondary N) is 2. The number of ketones is 1. The Kier molecular flexibility index (Phi) is 2.82. The molecule has 4 N–H and O–H groups in total. The van der Waals surface area contributed by atoms with Crippen LogP contribution in [0.4, 0.5) is 5.69 Å². The zero-order valence-electron chi connectivity index (χ0n) is 6.92. The van der Waals surface area contributed by atoms with Crippen molar-refractivity contribution < 1.29 is 4.79 Å². The number of anilines is 1. The third kappa shape index (κ3) is 2.06. The highest BCUT2D eigenvalue weighted by atomic mass is 16.1. The van der Waals surface area contributed by atoms with Crippen molar-refractivity contribution >= 4 is 11.5 Å². The molecular weight excluding hydrogens is 156 g/mol. The largest absolute Gasteiger partial charge is 0.375 e. The van der Waals surface area contributed by atoms with Crippen molar-refractivity contribution in [3.63, 3.8) is 0 Å². The Balaban J connectivity index is 2.43. The Bertz CT molecular complexity index is 268. The Morgan fingerprint density at radius 1 is 1.83 bits per heavy atom. The number of nitrogens with zero attached hydrogens (tertiary/aromatic N) is 1. The summed E-state index contributed by atoms with van der Waals surface area (Å²) in [5.74, 6) is -0.0180. The molecule has 1 aromatic heterocycles. The predicted octanol–water partition coefficient (Wildman–Crippen LogP) is -0.342. The van der Waals surface area contributed by atoms with Gasteiger partial charge in [0.05, 0.1) is 30.7 Å². The van der Waals surface area contributed by atoms with Crippen LogP contribution in [0.3, 0.4) is 0 Å². The third-order valence-electron chi connectivity index (χ3n) is 1.53. The number of rotatable bonds is 4. The van der Waals surface area contributed by atoms with Crippen molar-refractivity contribution in [1.29, 1.82) is 0 Å². The van der Waals surface area contributed by atoms with E-state index in [1.54, 1.807) is 6.20 Å². The molecule has 0 atom stereocenters. The maximum atomic E-state index is 10.8. The van der Waals surface area contributed by atoms with Gasteiger partial charge in [-0.15, -0.1) is 0 Å². The lowest BCUT2D eigenvalue weighted by Crippen LogP contribution is -2.22. The van der Waals surface area contributed by atoms with Gasteiger partial charge < -0.3 is 11.1 Å². The van der Waals surface area contributed by atoms with E-state index in [-0.39, 0.29) is 18.9 Å². The first-order chi connectivity index (χ1) is 5.74. The first kappa shape index (κ1) is 8.73. The standard InChI is InChI=1S/C7H12N4O/c1-5-7(4-10-11-5)9-3-6(12)2-8/h4,9H,2-3,8H2,1H3,(H,10,11). The molecule has 5 heteroatoms. The first-order valence-electron chi connectivity index (χ1n) is 3.69. The summed E-state index contributed by atoms with van der Waals surface area (Å²) in [4.78, 5) is 10.8. The number of hydrogen-bond donors (Lipinski definition) is 3. The molecule has 66 valence electrons. The normalized spacial score (nSPS) is 9.83. The number of aryl methyl sites for hydroxylation is 1. The molecule has 0 spiro atoms. The molecule has 0 aromatic carbocycles. The van der Waals surface area contributed by atoms with Gasteiger partial charge in [-0.3, -0.25) is 9.89 Å². The molecule has 12 heavy (non-hydrogen) atoms. The van der Waals surface area contributed by atoms with E-state index >= 15 is 0 Å². The molecule has 0 bridgehead atoms. The molecule has 5 nitrogen and oxygen atoms in total. The summed E-state index contributed by atoms with van der Waals surface area (Å²) in [6.07, 6.45) is 1.64. The zero-order chi connectivity index (χ0) is 8.97. The number of H-pyrrole nitrogens is 1. The van der Waals surface area contributed by atoms with Crippen molar-refractivity contribution in [2.75, 3.05) is 18.4 Å². The summed E-state index contributed by atoms with van der Waals surface area (Å²) in [6.45, 7) is 2.21. The van der Waals surface area contributed by atoms with Gasteiger partial charge in [0.25, 0.3) is 0 Å². The maximum absolute atomic E-state index is 10.8. The van der Waals surface area contributed by atoms with Gasteiger partial charge >= 0.3 is 0 Å². The molecule has 1 aromatic rings. The first-order valence-corrected chi connectivity index (χ1v) is 3.69. The van der Waals surface area contributed by atoms with E-state index in [0.717, 1.165) is 11.4 Å². The average Bonchev–Trinajstić information content (AvgIpc) is 2.47. The number of hydrogen-bond acceptors (Lipinski definition) is 4. The lowest BCUT2D eigenvalue weighted by molar-refractivity contribution is -0.116. The van der Waals surface area contributed by atoms with Gasteiger partial charge in [-0.1, -0.05) is 0 Å². The summed E-state index contributed by atoms with van der Waals surface area (Å²) in [6, 6.07) is 0. The summed E-state index contributed by atoms with van der Waals surface area (Å²) in [5.41, 5.74) is 6.90. The van der Waals surface area contributed by atoms with E-state index in [4.69, 9.17) is 5.73 Å². The quantitative estimate of drug-likeness (QED) is 0.574. The van der Waals surface area contributed by atoms with Crippen LogP contribution in [0.2, 0.25) is 0 Å². The number of aromatic nitrogens is 2. The maximum Gasteiger partial charge on any atom is 0.165 e. The number of carbonyl (C=O) groups excluding carboxylic acids is 1. The van der Waals surface area contributed by atoms with Gasteiger partial charge in [-0.25, -0.2) is 0 Å². The van der Waals surface area contributed by atoms with Crippen LogP contribution in [0.25, 0.3) is 0 Å². The molecule has 1 heterocycles. The predicted molar refractivity (Wildman–Crippen MR) is 45.9 cm³/mol. The van der Waals surface area contributed by atoms with Crippen LogP contribution in [-0.2, 0) is 4.79 Å². The molecular formula is C7H12N4O. The minimum Gasteiger partial charge on any atom is -0.375 e. The summed E-state index contributed by atoms with van der Waals surface area (Å²) >= 11 is 0. The minimum absolute atomic E-state index is 0.0180. The lowest BCUT2D eigenvalue weighted by Gasteiger charge is -2.01. The van der Waals surface area contributed by atoms with E-state index in [1.807, 2.05) is 6.92 Å². The van der Waals surface area contributed by atoms with Crippen LogP contribution in [0.5, 0.6) is 0 Å². The molecule has 0 saturated heterocycles. The molecule has 0 aliphatic rings. The van der Waals surface area contributed by atoms with E-state index in [9.17, 15) is 4.79 Å². The van der Waals surface area contributed by atoms with Crippen LogP contribution >= 0.6 is 0 Å². The van der Waals surface area contributed by atoms with E-state index in [2.05, 4.69) is 15.5 Å². The van der Waals surface area contributed by atoms with Crippen molar-refractivity contribution in [2.45, 2.75) is 6.92 Å². The van der Waals surface area contributed by atoms with Crippen molar-refractivity contribution in [3.8, 4) is 0 Å². The molecule has 1 rings (SSSR count). The second kappa shape index (κ2) is 3.87. The summed E-state index contributed by atoms with van der Waals surface area (Å²) in [7, 11) is 0. The van der Waals surface area contributed by atoms with Gasteiger partial charge in [-0.2, -0.15) is 5.10 Å². The van der Waals surface area contributed by atoms with Crippen molar-refractivity contribution in [1.82, 2.24) is 10.2 Å². The molecule has 0 unspecified atom stereocenters. The van der Waals surface area contributed by atoms with Gasteiger partial charge in [0, 0.05) is 0 Å². The topological polar surface area (TPSA) is 83.8 Å². The molecule has 0 aliphatic heterocycles. The second-order valence-corrected chi connectivity index (χ2v) is 2.51. The molecule has 0 amide bonds. The fourth-order valence-corrected chi connectivity index (χ4v) is 0.795. The van der Waals surface area contributed by atoms with Crippen molar-refractivity contribution in [2.24, 2.45) is 5.73 Å². The van der Waals surface area contributed by atoms with Crippen LogP contribution in [0.1, 0.15) is 5.69 Å². The summed E-state index contributed by atoms with van der Waals surface area (Å²) in [5, 5.41) is 9.47. The Labute approximate surface area is 70.3 Å². The fraction of sp³-hybridized carbons (Fsp3) is 0.429. The second-order valence-electron chi connectivity index (χ2n) is 2.51. The van der Waals surface area contributed by atoms with Crippen LogP contribution in [-0.4, -0.2) is 29.1 Å². The molecule has 0 saturated carbocycles.